The number of nitrogens with one attached hydrogen (secondary N) is 1. The van der Waals surface area contributed by atoms with Crippen molar-refractivity contribution in [3.05, 3.63) is 45.4 Å². The van der Waals surface area contributed by atoms with Crippen LogP contribution in [0.2, 0.25) is 5.02 Å². The molecule has 1 aliphatic heterocycles. The van der Waals surface area contributed by atoms with Crippen molar-refractivity contribution in [2.75, 3.05) is 19.2 Å². The summed E-state index contributed by atoms with van der Waals surface area (Å²) in [6, 6.07) is 9.53. The van der Waals surface area contributed by atoms with Gasteiger partial charge in [0, 0.05) is 18.7 Å². The molecule has 0 bridgehead atoms. The van der Waals surface area contributed by atoms with E-state index in [1.54, 1.807) is 13.2 Å². The van der Waals surface area contributed by atoms with E-state index in [4.69, 9.17) is 25.8 Å². The van der Waals surface area contributed by atoms with Gasteiger partial charge in [-0.3, -0.25) is 0 Å². The summed E-state index contributed by atoms with van der Waals surface area (Å²) in [5, 5.41) is 3.90. The van der Waals surface area contributed by atoms with E-state index in [0.29, 0.717) is 23.1 Å². The van der Waals surface area contributed by atoms with Crippen molar-refractivity contribution in [3.63, 3.8) is 0 Å². The lowest BCUT2D eigenvalue weighted by molar-refractivity contribution is 0.174. The lowest BCUT2D eigenvalue weighted by Crippen LogP contribution is -2.00. The summed E-state index contributed by atoms with van der Waals surface area (Å²) >= 11 is 9.70. The Morgan fingerprint density at radius 1 is 1.24 bits per heavy atom. The van der Waals surface area contributed by atoms with E-state index in [2.05, 4.69) is 21.2 Å². The molecule has 0 atom stereocenters. The molecule has 3 rings (SSSR count). The van der Waals surface area contributed by atoms with Crippen molar-refractivity contribution >= 4 is 33.2 Å². The van der Waals surface area contributed by atoms with Gasteiger partial charge in [0.1, 0.15) is 5.75 Å². The Bertz CT molecular complexity index is 678. The SMILES string of the molecule is COc1ccc(CNc2cc3c(cc2Cl)OCO3)cc1Br. The molecule has 0 radical (unpaired) electrons. The molecule has 0 spiro atoms. The number of fused-ring (bicyclic) bond motifs is 1. The molecule has 4 nitrogen and oxygen atoms in total. The van der Waals surface area contributed by atoms with Crippen LogP contribution in [0.5, 0.6) is 17.2 Å². The van der Waals surface area contributed by atoms with Gasteiger partial charge in [-0.25, -0.2) is 0 Å². The van der Waals surface area contributed by atoms with Crippen LogP contribution in [-0.2, 0) is 6.54 Å². The minimum atomic E-state index is 0.237. The fourth-order valence-electron chi connectivity index (χ4n) is 2.07. The van der Waals surface area contributed by atoms with Crippen molar-refractivity contribution < 1.29 is 14.2 Å². The Morgan fingerprint density at radius 2 is 2.00 bits per heavy atom. The highest BCUT2D eigenvalue weighted by Gasteiger charge is 2.16. The number of methoxy groups -OCH3 is 1. The summed E-state index contributed by atoms with van der Waals surface area (Å²) in [5.74, 6) is 2.19. The molecule has 0 amide bonds. The van der Waals surface area contributed by atoms with E-state index < -0.39 is 0 Å². The lowest BCUT2D eigenvalue weighted by Gasteiger charge is -2.11. The normalized spacial score (nSPS) is 12.3. The zero-order valence-electron chi connectivity index (χ0n) is 11.3. The third-order valence-electron chi connectivity index (χ3n) is 3.16. The second-order valence-corrected chi connectivity index (χ2v) is 5.77. The molecule has 1 aliphatic rings. The Kier molecular flexibility index (Phi) is 4.12. The summed E-state index contributed by atoms with van der Waals surface area (Å²) in [7, 11) is 1.64. The van der Waals surface area contributed by atoms with Crippen molar-refractivity contribution in [1.82, 2.24) is 0 Å². The molecule has 2 aromatic carbocycles. The quantitative estimate of drug-likeness (QED) is 0.863. The standard InChI is InChI=1S/C15H13BrClNO3/c1-19-13-3-2-9(4-10(13)16)7-18-12-6-15-14(5-11(12)17)20-8-21-15/h2-6,18H,7-8H2,1H3. The smallest absolute Gasteiger partial charge is 0.231 e. The van der Waals surface area contributed by atoms with E-state index in [-0.39, 0.29) is 6.79 Å². The second-order valence-electron chi connectivity index (χ2n) is 4.51. The summed E-state index contributed by atoms with van der Waals surface area (Å²) in [5.41, 5.74) is 1.92. The van der Waals surface area contributed by atoms with Gasteiger partial charge in [0.15, 0.2) is 11.5 Å². The molecular weight excluding hydrogens is 358 g/mol. The minimum absolute atomic E-state index is 0.237. The number of rotatable bonds is 4. The molecule has 1 heterocycles. The minimum Gasteiger partial charge on any atom is -0.496 e. The first kappa shape index (κ1) is 14.4. The van der Waals surface area contributed by atoms with Gasteiger partial charge < -0.3 is 19.5 Å². The number of anilines is 1. The number of hydrogen-bond acceptors (Lipinski definition) is 4. The second kappa shape index (κ2) is 6.03. The third kappa shape index (κ3) is 3.04. The van der Waals surface area contributed by atoms with Crippen LogP contribution < -0.4 is 19.5 Å². The number of hydrogen-bond donors (Lipinski definition) is 1. The van der Waals surface area contributed by atoms with Crippen LogP contribution >= 0.6 is 27.5 Å². The fraction of sp³-hybridized carbons (Fsp3) is 0.200. The molecule has 0 fully saturated rings. The van der Waals surface area contributed by atoms with Crippen LogP contribution in [0.15, 0.2) is 34.8 Å². The van der Waals surface area contributed by atoms with Crippen LogP contribution in [0.3, 0.4) is 0 Å². The molecule has 0 saturated heterocycles. The molecule has 2 aromatic rings. The summed E-state index contributed by atoms with van der Waals surface area (Å²) < 4.78 is 16.8. The maximum absolute atomic E-state index is 6.23. The first-order valence-corrected chi connectivity index (χ1v) is 7.50. The zero-order chi connectivity index (χ0) is 14.8. The average molecular weight is 371 g/mol. The van der Waals surface area contributed by atoms with Gasteiger partial charge in [0.25, 0.3) is 0 Å². The van der Waals surface area contributed by atoms with Crippen molar-refractivity contribution in [2.24, 2.45) is 0 Å². The third-order valence-corrected chi connectivity index (χ3v) is 4.09. The molecule has 1 N–H and O–H groups in total. The molecule has 110 valence electrons. The van der Waals surface area contributed by atoms with E-state index in [1.165, 1.54) is 0 Å². The topological polar surface area (TPSA) is 39.7 Å². The van der Waals surface area contributed by atoms with Gasteiger partial charge in [-0.2, -0.15) is 0 Å². The summed E-state index contributed by atoms with van der Waals surface area (Å²) in [4.78, 5) is 0. The Labute approximate surface area is 136 Å². The van der Waals surface area contributed by atoms with E-state index in [0.717, 1.165) is 21.5 Å². The predicted octanol–water partition coefficient (Wildman–Crippen LogP) is 4.45. The largest absolute Gasteiger partial charge is 0.496 e. The number of ether oxygens (including phenoxy) is 3. The first-order valence-electron chi connectivity index (χ1n) is 6.33. The number of halogens is 2. The van der Waals surface area contributed by atoms with Gasteiger partial charge in [0.05, 0.1) is 22.3 Å². The Morgan fingerprint density at radius 3 is 2.71 bits per heavy atom. The average Bonchev–Trinajstić information content (AvgIpc) is 2.92. The monoisotopic (exact) mass is 369 g/mol. The van der Waals surface area contributed by atoms with Crippen LogP contribution in [0.1, 0.15) is 5.56 Å². The van der Waals surface area contributed by atoms with E-state index in [1.807, 2.05) is 24.3 Å². The summed E-state index contributed by atoms with van der Waals surface area (Å²) in [6.45, 7) is 0.877. The molecule has 0 saturated carbocycles. The highest BCUT2D eigenvalue weighted by molar-refractivity contribution is 9.10. The fourth-order valence-corrected chi connectivity index (χ4v) is 2.88. The van der Waals surface area contributed by atoms with Crippen LogP contribution in [0, 0.1) is 0 Å². The highest BCUT2D eigenvalue weighted by Crippen LogP contribution is 2.39. The van der Waals surface area contributed by atoms with Gasteiger partial charge in [-0.15, -0.1) is 0 Å². The van der Waals surface area contributed by atoms with Crippen molar-refractivity contribution in [1.29, 1.82) is 0 Å². The Hall–Kier alpha value is -1.59. The highest BCUT2D eigenvalue weighted by atomic mass is 79.9. The maximum Gasteiger partial charge on any atom is 0.231 e. The van der Waals surface area contributed by atoms with Crippen LogP contribution in [0.4, 0.5) is 5.69 Å². The lowest BCUT2D eigenvalue weighted by atomic mass is 10.2. The Balaban J connectivity index is 1.74. The molecule has 0 aliphatic carbocycles. The van der Waals surface area contributed by atoms with Crippen LogP contribution in [-0.4, -0.2) is 13.9 Å². The summed E-state index contributed by atoms with van der Waals surface area (Å²) in [6.07, 6.45) is 0. The maximum atomic E-state index is 6.23. The molecule has 0 unspecified atom stereocenters. The van der Waals surface area contributed by atoms with Gasteiger partial charge in [-0.05, 0) is 33.6 Å². The molecular formula is C15H13BrClNO3. The van der Waals surface area contributed by atoms with Gasteiger partial charge >= 0.3 is 0 Å². The van der Waals surface area contributed by atoms with Crippen molar-refractivity contribution in [3.8, 4) is 17.2 Å². The van der Waals surface area contributed by atoms with Gasteiger partial charge in [0.2, 0.25) is 6.79 Å². The molecule has 21 heavy (non-hydrogen) atoms. The van der Waals surface area contributed by atoms with E-state index in [9.17, 15) is 0 Å². The molecule has 6 heteroatoms. The van der Waals surface area contributed by atoms with Crippen molar-refractivity contribution in [2.45, 2.75) is 6.54 Å². The number of benzene rings is 2. The molecule has 0 aromatic heterocycles. The van der Waals surface area contributed by atoms with E-state index >= 15 is 0 Å². The zero-order valence-corrected chi connectivity index (χ0v) is 13.6. The van der Waals surface area contributed by atoms with Crippen LogP contribution in [0.25, 0.3) is 0 Å². The first-order chi connectivity index (χ1) is 10.2. The van der Waals surface area contributed by atoms with Gasteiger partial charge in [-0.1, -0.05) is 17.7 Å². The predicted molar refractivity (Wildman–Crippen MR) is 85.6 cm³/mol.